The van der Waals surface area contributed by atoms with Crippen LogP contribution >= 0.6 is 0 Å². The summed E-state index contributed by atoms with van der Waals surface area (Å²) in [5.41, 5.74) is 9.22. The third kappa shape index (κ3) is 4.84. The fraction of sp³-hybridized carbons (Fsp3) is 0.538. The molecule has 3 atom stereocenters. The van der Waals surface area contributed by atoms with Crippen molar-refractivity contribution >= 4 is 6.08 Å². The largest absolute Gasteiger partial charge is 0.367 e. The van der Waals surface area contributed by atoms with Gasteiger partial charge in [-0.1, -0.05) is 62.4 Å². The molecule has 1 fully saturated rings. The molecule has 0 saturated carbocycles. The molecule has 29 heavy (non-hydrogen) atoms. The number of nitrogens with zero attached hydrogens (tertiary/aromatic N) is 2. The summed E-state index contributed by atoms with van der Waals surface area (Å²) >= 11 is 0. The van der Waals surface area contributed by atoms with Crippen LogP contribution in [0.4, 0.5) is 0 Å². The van der Waals surface area contributed by atoms with Gasteiger partial charge in [0.05, 0.1) is 6.04 Å². The standard InChI is InChI=1S/C26H37N3/c1-20(2)25(27)19-28-15-13-23(14-16-28)29-17-12-22-10-6-7-11-24(22)26(29)18-21-8-4-3-5-9-21/h3-8,10-12,17,20-21,23,25-26H,9,13-16,18-19,27H2,1-2H3. The summed E-state index contributed by atoms with van der Waals surface area (Å²) in [5, 5.41) is 0. The lowest BCUT2D eigenvalue weighted by molar-refractivity contribution is 0.0983. The normalized spacial score (nSPS) is 26.1. The number of rotatable bonds is 6. The molecule has 4 rings (SSSR count). The Morgan fingerprint density at radius 3 is 2.62 bits per heavy atom. The molecule has 1 aliphatic carbocycles. The predicted molar refractivity (Wildman–Crippen MR) is 123 cm³/mol. The van der Waals surface area contributed by atoms with Gasteiger partial charge in [0.15, 0.2) is 0 Å². The maximum Gasteiger partial charge on any atom is 0.0551 e. The van der Waals surface area contributed by atoms with E-state index < -0.39 is 0 Å². The summed E-state index contributed by atoms with van der Waals surface area (Å²) in [7, 11) is 0. The van der Waals surface area contributed by atoms with Crippen molar-refractivity contribution in [2.45, 2.75) is 57.7 Å². The van der Waals surface area contributed by atoms with E-state index in [-0.39, 0.29) is 6.04 Å². The molecule has 0 spiro atoms. The van der Waals surface area contributed by atoms with Crippen molar-refractivity contribution in [3.05, 3.63) is 65.9 Å². The monoisotopic (exact) mass is 391 g/mol. The topological polar surface area (TPSA) is 32.5 Å². The first-order chi connectivity index (χ1) is 14.1. The summed E-state index contributed by atoms with van der Waals surface area (Å²) in [4.78, 5) is 5.26. The van der Waals surface area contributed by atoms with Crippen molar-refractivity contribution < 1.29 is 0 Å². The highest BCUT2D eigenvalue weighted by atomic mass is 15.2. The quantitative estimate of drug-likeness (QED) is 0.742. The van der Waals surface area contributed by atoms with Crippen molar-refractivity contribution in [2.24, 2.45) is 17.6 Å². The van der Waals surface area contributed by atoms with Gasteiger partial charge in [-0.2, -0.15) is 0 Å². The summed E-state index contributed by atoms with van der Waals surface area (Å²) in [5.74, 6) is 1.19. The van der Waals surface area contributed by atoms with Gasteiger partial charge in [-0.3, -0.25) is 0 Å². The van der Waals surface area contributed by atoms with Crippen LogP contribution in [0.5, 0.6) is 0 Å². The minimum atomic E-state index is 0.284. The Hall–Kier alpha value is -1.84. The molecule has 1 aromatic rings. The number of hydrogen-bond acceptors (Lipinski definition) is 3. The molecule has 0 amide bonds. The maximum atomic E-state index is 6.33. The van der Waals surface area contributed by atoms with Crippen molar-refractivity contribution in [1.82, 2.24) is 9.80 Å². The fourth-order valence-corrected chi connectivity index (χ4v) is 5.02. The Bertz CT molecular complexity index is 755. The molecule has 0 bridgehead atoms. The number of benzene rings is 1. The van der Waals surface area contributed by atoms with E-state index in [9.17, 15) is 0 Å². The fourth-order valence-electron chi connectivity index (χ4n) is 5.02. The zero-order chi connectivity index (χ0) is 20.2. The van der Waals surface area contributed by atoms with E-state index in [0.29, 0.717) is 23.9 Å². The predicted octanol–water partition coefficient (Wildman–Crippen LogP) is 4.98. The number of fused-ring (bicyclic) bond motifs is 1. The third-order valence-electron chi connectivity index (χ3n) is 7.04. The summed E-state index contributed by atoms with van der Waals surface area (Å²) in [6.45, 7) is 7.82. The van der Waals surface area contributed by atoms with Crippen molar-refractivity contribution in [2.75, 3.05) is 19.6 Å². The second-order valence-corrected chi connectivity index (χ2v) is 9.39. The molecule has 3 nitrogen and oxygen atoms in total. The second-order valence-electron chi connectivity index (χ2n) is 9.39. The van der Waals surface area contributed by atoms with Gasteiger partial charge in [-0.25, -0.2) is 0 Å². The van der Waals surface area contributed by atoms with E-state index in [1.165, 1.54) is 30.4 Å². The van der Waals surface area contributed by atoms with Crippen LogP contribution in [0, 0.1) is 11.8 Å². The Morgan fingerprint density at radius 2 is 1.90 bits per heavy atom. The lowest BCUT2D eigenvalue weighted by atomic mass is 9.84. The molecule has 2 aliphatic heterocycles. The van der Waals surface area contributed by atoms with Gasteiger partial charge in [-0.05, 0) is 54.7 Å². The van der Waals surface area contributed by atoms with Gasteiger partial charge >= 0.3 is 0 Å². The first-order valence-electron chi connectivity index (χ1n) is 11.5. The Morgan fingerprint density at radius 1 is 1.10 bits per heavy atom. The van der Waals surface area contributed by atoms with E-state index in [1.54, 1.807) is 0 Å². The average molecular weight is 392 g/mol. The van der Waals surface area contributed by atoms with Gasteiger partial charge in [0.25, 0.3) is 0 Å². The number of hydrogen-bond donors (Lipinski definition) is 1. The molecule has 1 saturated heterocycles. The SMILES string of the molecule is CC(C)C(N)CN1CCC(N2C=Cc3ccccc3C2CC2C=CC=CC2)CC1. The number of nitrogens with two attached hydrogens (primary N) is 1. The van der Waals surface area contributed by atoms with E-state index in [1.807, 2.05) is 0 Å². The van der Waals surface area contributed by atoms with Gasteiger partial charge in [0, 0.05) is 37.9 Å². The lowest BCUT2D eigenvalue weighted by Crippen LogP contribution is -2.48. The molecule has 3 heteroatoms. The molecule has 3 aliphatic rings. The van der Waals surface area contributed by atoms with Gasteiger partial charge in [0.2, 0.25) is 0 Å². The summed E-state index contributed by atoms with van der Waals surface area (Å²) in [6, 6.07) is 10.4. The second kappa shape index (κ2) is 9.32. The van der Waals surface area contributed by atoms with Crippen LogP contribution in [0.25, 0.3) is 6.08 Å². The van der Waals surface area contributed by atoms with Crippen LogP contribution < -0.4 is 5.73 Å². The zero-order valence-corrected chi connectivity index (χ0v) is 18.1. The summed E-state index contributed by atoms with van der Waals surface area (Å²) in [6.07, 6.45) is 18.6. The molecule has 156 valence electrons. The van der Waals surface area contributed by atoms with E-state index >= 15 is 0 Å². The zero-order valence-electron chi connectivity index (χ0n) is 18.1. The van der Waals surface area contributed by atoms with Crippen LogP contribution in [-0.4, -0.2) is 41.5 Å². The van der Waals surface area contributed by atoms with Crippen molar-refractivity contribution in [3.8, 4) is 0 Å². The van der Waals surface area contributed by atoms with Gasteiger partial charge < -0.3 is 15.5 Å². The van der Waals surface area contributed by atoms with E-state index in [0.717, 1.165) is 26.1 Å². The average Bonchev–Trinajstić information content (AvgIpc) is 2.75. The molecule has 2 heterocycles. The van der Waals surface area contributed by atoms with Crippen LogP contribution in [0.2, 0.25) is 0 Å². The molecule has 3 unspecified atom stereocenters. The number of allylic oxidation sites excluding steroid dienone is 4. The van der Waals surface area contributed by atoms with E-state index in [4.69, 9.17) is 5.73 Å². The molecular formula is C26H37N3. The van der Waals surface area contributed by atoms with Gasteiger partial charge in [0.1, 0.15) is 0 Å². The van der Waals surface area contributed by atoms with Crippen LogP contribution in [-0.2, 0) is 0 Å². The minimum Gasteiger partial charge on any atom is -0.367 e. The number of piperidine rings is 1. The minimum absolute atomic E-state index is 0.284. The first kappa shape index (κ1) is 20.4. The lowest BCUT2D eigenvalue weighted by Gasteiger charge is -2.45. The van der Waals surface area contributed by atoms with Crippen molar-refractivity contribution in [1.29, 1.82) is 0 Å². The Kier molecular flexibility index (Phi) is 6.56. The first-order valence-corrected chi connectivity index (χ1v) is 11.5. The highest BCUT2D eigenvalue weighted by Crippen LogP contribution is 2.39. The Labute approximate surface area is 177 Å². The van der Waals surface area contributed by atoms with Crippen LogP contribution in [0.3, 0.4) is 0 Å². The third-order valence-corrected chi connectivity index (χ3v) is 7.04. The Balaban J connectivity index is 1.46. The van der Waals surface area contributed by atoms with E-state index in [2.05, 4.69) is 84.5 Å². The molecule has 0 radical (unpaired) electrons. The molecule has 0 aromatic heterocycles. The molecular weight excluding hydrogens is 354 g/mol. The molecule has 1 aromatic carbocycles. The molecule has 2 N–H and O–H groups in total. The maximum absolute atomic E-state index is 6.33. The smallest absolute Gasteiger partial charge is 0.0551 e. The summed E-state index contributed by atoms with van der Waals surface area (Å²) < 4.78 is 0. The number of likely N-dealkylation sites (tertiary alicyclic amines) is 1. The van der Waals surface area contributed by atoms with Crippen LogP contribution in [0.1, 0.15) is 56.7 Å². The highest BCUT2D eigenvalue weighted by Gasteiger charge is 2.32. The van der Waals surface area contributed by atoms with Crippen LogP contribution in [0.15, 0.2) is 54.8 Å². The highest BCUT2D eigenvalue weighted by molar-refractivity contribution is 5.57. The van der Waals surface area contributed by atoms with Gasteiger partial charge in [-0.15, -0.1) is 0 Å². The van der Waals surface area contributed by atoms with Crippen molar-refractivity contribution in [3.63, 3.8) is 0 Å².